The maximum Gasteiger partial charge on any atom is 0.275 e. The van der Waals surface area contributed by atoms with Crippen molar-refractivity contribution in [3.8, 4) is 5.75 Å². The number of ether oxygens (including phenoxy) is 1. The number of H-pyrrole nitrogens is 1. The zero-order chi connectivity index (χ0) is 26.9. The Kier molecular flexibility index (Phi) is 7.00. The third kappa shape index (κ3) is 4.76. The summed E-state index contributed by atoms with van der Waals surface area (Å²) < 4.78 is 6.85. The molecule has 1 atom stereocenters. The van der Waals surface area contributed by atoms with Crippen molar-refractivity contribution in [1.29, 1.82) is 0 Å². The number of allylic oxidation sites excluding steroid dienone is 1. The van der Waals surface area contributed by atoms with Gasteiger partial charge in [0.2, 0.25) is 0 Å². The first kappa shape index (κ1) is 25.4. The van der Waals surface area contributed by atoms with Gasteiger partial charge in [0, 0.05) is 26.0 Å². The van der Waals surface area contributed by atoms with E-state index in [-0.39, 0.29) is 11.8 Å². The Hall–Kier alpha value is -3.84. The Bertz CT molecular complexity index is 1670. The van der Waals surface area contributed by atoms with Gasteiger partial charge in [-0.05, 0) is 71.3 Å². The van der Waals surface area contributed by atoms with Crippen molar-refractivity contribution in [2.24, 2.45) is 0 Å². The minimum atomic E-state index is -0.131. The van der Waals surface area contributed by atoms with Crippen LogP contribution in [-0.4, -0.2) is 22.4 Å². The first-order chi connectivity index (χ1) is 19.0. The van der Waals surface area contributed by atoms with Crippen LogP contribution in [0.3, 0.4) is 0 Å². The number of halogens is 1. The molecule has 4 aromatic carbocycles. The first-order valence-electron chi connectivity index (χ1n) is 13.2. The molecule has 6 rings (SSSR count). The zero-order valence-corrected chi connectivity index (χ0v) is 24.1. The summed E-state index contributed by atoms with van der Waals surface area (Å²) in [7, 11) is 0. The fourth-order valence-electron chi connectivity index (χ4n) is 5.42. The Morgan fingerprint density at radius 3 is 2.28 bits per heavy atom. The van der Waals surface area contributed by atoms with E-state index in [0.717, 1.165) is 48.2 Å². The van der Waals surface area contributed by atoms with Gasteiger partial charge in [-0.3, -0.25) is 4.79 Å². The molecule has 1 aromatic heterocycles. The number of carbonyl (C=O) groups is 1. The second-order valence-corrected chi connectivity index (χ2v) is 11.0. The van der Waals surface area contributed by atoms with E-state index in [2.05, 4.69) is 89.1 Å². The Morgan fingerprint density at radius 1 is 0.872 bits per heavy atom. The number of hydrogen-bond donors (Lipinski definition) is 1. The van der Waals surface area contributed by atoms with Crippen LogP contribution in [0, 0.1) is 6.92 Å². The van der Waals surface area contributed by atoms with Crippen molar-refractivity contribution in [3.63, 3.8) is 0 Å². The van der Waals surface area contributed by atoms with Gasteiger partial charge in [-0.15, -0.1) is 0 Å². The number of nitrogens with one attached hydrogen (secondary N) is 1. The third-order valence-corrected chi connectivity index (χ3v) is 8.41. The van der Waals surface area contributed by atoms with Crippen LogP contribution < -0.4 is 4.74 Å². The van der Waals surface area contributed by atoms with Crippen LogP contribution in [0.15, 0.2) is 107 Å². The van der Waals surface area contributed by atoms with E-state index in [4.69, 9.17) is 4.74 Å². The predicted octanol–water partition coefficient (Wildman–Crippen LogP) is 8.47. The van der Waals surface area contributed by atoms with Gasteiger partial charge in [0.15, 0.2) is 0 Å². The maximum absolute atomic E-state index is 14.6. The van der Waals surface area contributed by atoms with Crippen LogP contribution in [0.2, 0.25) is 0 Å². The van der Waals surface area contributed by atoms with E-state index >= 15 is 0 Å². The SMILES string of the molecule is CCOc1ccc(C2C(I)=C(c3ccc(C)cc3)N(Cc3ccccc3)C(=O)c3[nH]c4ccccc4c32)cc1. The minimum absolute atomic E-state index is 0.0248. The fraction of sp³-hybridized carbons (Fsp3) is 0.147. The Balaban J connectivity index is 1.64. The first-order valence-corrected chi connectivity index (χ1v) is 14.3. The molecule has 39 heavy (non-hydrogen) atoms. The number of para-hydroxylation sites is 1. The molecule has 4 nitrogen and oxygen atoms in total. The normalized spacial score (nSPS) is 15.4. The number of rotatable bonds is 6. The molecule has 0 aliphatic carbocycles. The molecule has 1 amide bonds. The highest BCUT2D eigenvalue weighted by Gasteiger charge is 2.37. The van der Waals surface area contributed by atoms with Gasteiger partial charge in [0.1, 0.15) is 11.4 Å². The number of aryl methyl sites for hydroxylation is 1. The van der Waals surface area contributed by atoms with Crippen molar-refractivity contribution in [2.75, 3.05) is 6.61 Å². The summed E-state index contributed by atoms with van der Waals surface area (Å²) in [5.74, 6) is 0.685. The standard InChI is InChI=1S/C34H29IN2O2/c1-3-39-26-19-17-24(18-20-26)29-30-27-11-7-8-12-28(27)36-32(30)34(38)37(21-23-9-5-4-6-10-23)33(31(29)35)25-15-13-22(2)14-16-25/h4-20,29,36H,3,21H2,1-2H3. The molecule has 1 unspecified atom stereocenters. The predicted molar refractivity (Wildman–Crippen MR) is 166 cm³/mol. The summed E-state index contributed by atoms with van der Waals surface area (Å²) in [6.07, 6.45) is 0. The molecule has 1 aliphatic heterocycles. The number of amides is 1. The molecule has 1 N–H and O–H groups in total. The Morgan fingerprint density at radius 2 is 1.56 bits per heavy atom. The van der Waals surface area contributed by atoms with Crippen LogP contribution in [0.25, 0.3) is 16.6 Å². The molecule has 5 aromatic rings. The lowest BCUT2D eigenvalue weighted by molar-refractivity contribution is 0.0823. The molecule has 0 saturated heterocycles. The highest BCUT2D eigenvalue weighted by atomic mass is 127. The van der Waals surface area contributed by atoms with E-state index in [1.54, 1.807) is 0 Å². The average Bonchev–Trinajstić information content (AvgIpc) is 3.31. The van der Waals surface area contributed by atoms with E-state index in [9.17, 15) is 4.79 Å². The molecular weight excluding hydrogens is 595 g/mol. The van der Waals surface area contributed by atoms with Gasteiger partial charge in [0.05, 0.1) is 18.8 Å². The summed E-state index contributed by atoms with van der Waals surface area (Å²) in [6.45, 7) is 5.17. The van der Waals surface area contributed by atoms with E-state index in [1.807, 2.05) is 60.4 Å². The van der Waals surface area contributed by atoms with Crippen molar-refractivity contribution >= 4 is 45.1 Å². The van der Waals surface area contributed by atoms with Gasteiger partial charge >= 0.3 is 0 Å². The maximum atomic E-state index is 14.6. The van der Waals surface area contributed by atoms with E-state index < -0.39 is 0 Å². The van der Waals surface area contributed by atoms with Crippen LogP contribution in [0.4, 0.5) is 0 Å². The highest BCUT2D eigenvalue weighted by Crippen LogP contribution is 2.48. The number of nitrogens with zero attached hydrogens (tertiary/aromatic N) is 1. The molecular formula is C34H29IN2O2. The van der Waals surface area contributed by atoms with Crippen LogP contribution in [0.5, 0.6) is 5.75 Å². The zero-order valence-electron chi connectivity index (χ0n) is 21.9. The number of carbonyl (C=O) groups excluding carboxylic acids is 1. The number of hydrogen-bond acceptors (Lipinski definition) is 2. The molecule has 0 radical (unpaired) electrons. The topological polar surface area (TPSA) is 45.3 Å². The smallest absolute Gasteiger partial charge is 0.275 e. The summed E-state index contributed by atoms with van der Waals surface area (Å²) in [6, 6.07) is 35.2. The number of aromatic nitrogens is 1. The lowest BCUT2D eigenvalue weighted by Gasteiger charge is -2.27. The molecule has 1 aliphatic rings. The van der Waals surface area contributed by atoms with Crippen LogP contribution in [0.1, 0.15) is 51.1 Å². The van der Waals surface area contributed by atoms with Crippen molar-refractivity contribution in [2.45, 2.75) is 26.3 Å². The van der Waals surface area contributed by atoms with Crippen LogP contribution >= 0.6 is 22.6 Å². The monoisotopic (exact) mass is 624 g/mol. The summed E-state index contributed by atoms with van der Waals surface area (Å²) >= 11 is 2.48. The van der Waals surface area contributed by atoms with Crippen molar-refractivity contribution in [3.05, 3.63) is 140 Å². The largest absolute Gasteiger partial charge is 0.494 e. The van der Waals surface area contributed by atoms with Crippen LogP contribution in [-0.2, 0) is 6.54 Å². The number of benzene rings is 4. The van der Waals surface area contributed by atoms with Crippen molar-refractivity contribution in [1.82, 2.24) is 9.88 Å². The second-order valence-electron chi connectivity index (χ2n) is 9.83. The quantitative estimate of drug-likeness (QED) is 0.193. The summed E-state index contributed by atoms with van der Waals surface area (Å²) in [5.41, 5.74) is 7.98. The molecule has 0 saturated carbocycles. The minimum Gasteiger partial charge on any atom is -0.494 e. The molecule has 194 valence electrons. The molecule has 0 fully saturated rings. The molecule has 0 spiro atoms. The second kappa shape index (κ2) is 10.7. The van der Waals surface area contributed by atoms with E-state index in [1.165, 1.54) is 5.56 Å². The Labute approximate surface area is 242 Å². The molecule has 0 bridgehead atoms. The van der Waals surface area contributed by atoms with Crippen molar-refractivity contribution < 1.29 is 9.53 Å². The molecule has 2 heterocycles. The highest BCUT2D eigenvalue weighted by molar-refractivity contribution is 14.1. The summed E-state index contributed by atoms with van der Waals surface area (Å²) in [5, 5.41) is 1.07. The number of aromatic amines is 1. The average molecular weight is 625 g/mol. The third-order valence-electron chi connectivity index (χ3n) is 7.28. The van der Waals surface area contributed by atoms with Gasteiger partial charge in [-0.1, -0.05) is 90.5 Å². The van der Waals surface area contributed by atoms with E-state index in [0.29, 0.717) is 18.8 Å². The van der Waals surface area contributed by atoms with Gasteiger partial charge in [-0.25, -0.2) is 0 Å². The lowest BCUT2D eigenvalue weighted by atomic mass is 9.88. The fourth-order valence-corrected chi connectivity index (χ4v) is 6.69. The summed E-state index contributed by atoms with van der Waals surface area (Å²) in [4.78, 5) is 20.0. The number of fused-ring (bicyclic) bond motifs is 3. The van der Waals surface area contributed by atoms with Gasteiger partial charge in [0.25, 0.3) is 5.91 Å². The van der Waals surface area contributed by atoms with Gasteiger partial charge in [-0.2, -0.15) is 0 Å². The van der Waals surface area contributed by atoms with Gasteiger partial charge < -0.3 is 14.6 Å². The lowest BCUT2D eigenvalue weighted by Crippen LogP contribution is -2.29. The molecule has 5 heteroatoms.